The van der Waals surface area contributed by atoms with E-state index in [4.69, 9.17) is 0 Å². The summed E-state index contributed by atoms with van der Waals surface area (Å²) in [5.41, 5.74) is 2.15. The lowest BCUT2D eigenvalue weighted by Crippen LogP contribution is -2.14. The number of rotatable bonds is 5. The molecule has 1 aromatic carbocycles. The van der Waals surface area contributed by atoms with E-state index in [-0.39, 0.29) is 18.0 Å². The van der Waals surface area contributed by atoms with Gasteiger partial charge >= 0.3 is 0 Å². The minimum Gasteiger partial charge on any atom is -0.316 e. The number of benzene rings is 1. The lowest BCUT2D eigenvalue weighted by atomic mass is 10.1. The van der Waals surface area contributed by atoms with E-state index in [0.717, 1.165) is 16.9 Å². The zero-order chi connectivity index (χ0) is 17.0. The van der Waals surface area contributed by atoms with Gasteiger partial charge in [0.05, 0.1) is 16.9 Å². The van der Waals surface area contributed by atoms with Crippen molar-refractivity contribution in [2.45, 2.75) is 26.7 Å². The number of nitrogens with one attached hydrogen (secondary N) is 1. The van der Waals surface area contributed by atoms with Gasteiger partial charge in [0.2, 0.25) is 5.91 Å². The first-order valence-corrected chi connectivity index (χ1v) is 7.83. The number of amides is 1. The molecule has 2 rings (SSSR count). The number of nitro groups is 1. The van der Waals surface area contributed by atoms with Crippen LogP contribution < -0.4 is 5.32 Å². The maximum atomic E-state index is 12.1. The number of non-ortho nitro benzene ring substituents is 1. The number of aryl methyl sites for hydroxylation is 1. The second-order valence-electron chi connectivity index (χ2n) is 4.95. The van der Waals surface area contributed by atoms with E-state index in [1.807, 2.05) is 13.8 Å². The Balaban J connectivity index is 2.11. The van der Waals surface area contributed by atoms with E-state index in [0.29, 0.717) is 16.1 Å². The lowest BCUT2D eigenvalue weighted by Gasteiger charge is -2.04. The van der Waals surface area contributed by atoms with Crippen LogP contribution in [0.3, 0.4) is 0 Å². The Morgan fingerprint density at radius 2 is 2.04 bits per heavy atom. The number of hydrogen-bond donors (Lipinski definition) is 1. The fourth-order valence-corrected chi connectivity index (χ4v) is 3.41. The summed E-state index contributed by atoms with van der Waals surface area (Å²) in [6, 6.07) is 7.99. The molecule has 0 atom stereocenters. The van der Waals surface area contributed by atoms with E-state index in [9.17, 15) is 20.2 Å². The number of carbonyl (C=O) groups is 1. The average molecular weight is 329 g/mol. The second kappa shape index (κ2) is 7.03. The molecular formula is C16H15N3O3S. The Morgan fingerprint density at radius 1 is 1.39 bits per heavy atom. The first-order valence-electron chi connectivity index (χ1n) is 7.01. The SMILES string of the molecule is CCc1c(C)sc(NC(=O)Cc2ccc([N+](=O)[O-])cc2)c1C#N. The van der Waals surface area contributed by atoms with Crippen LogP contribution >= 0.6 is 11.3 Å². The van der Waals surface area contributed by atoms with Gasteiger partial charge in [-0.1, -0.05) is 19.1 Å². The van der Waals surface area contributed by atoms with E-state index in [1.165, 1.54) is 23.5 Å². The molecule has 7 heteroatoms. The quantitative estimate of drug-likeness (QED) is 0.670. The smallest absolute Gasteiger partial charge is 0.269 e. The molecule has 0 aliphatic carbocycles. The minimum atomic E-state index is -0.482. The summed E-state index contributed by atoms with van der Waals surface area (Å²) in [7, 11) is 0. The number of thiophene rings is 1. The Kier molecular flexibility index (Phi) is 5.09. The number of anilines is 1. The van der Waals surface area contributed by atoms with Crippen molar-refractivity contribution in [3.63, 3.8) is 0 Å². The number of carbonyl (C=O) groups excluding carboxylic acids is 1. The third kappa shape index (κ3) is 3.73. The van der Waals surface area contributed by atoms with Crippen LogP contribution in [0.1, 0.15) is 28.5 Å². The lowest BCUT2D eigenvalue weighted by molar-refractivity contribution is -0.384. The predicted molar refractivity (Wildman–Crippen MR) is 88.6 cm³/mol. The molecule has 0 aliphatic rings. The molecule has 0 saturated carbocycles. The summed E-state index contributed by atoms with van der Waals surface area (Å²) in [4.78, 5) is 23.3. The summed E-state index contributed by atoms with van der Waals surface area (Å²) < 4.78 is 0. The third-order valence-electron chi connectivity index (χ3n) is 3.44. The van der Waals surface area contributed by atoms with Crippen molar-refractivity contribution in [1.29, 1.82) is 5.26 Å². The molecule has 2 aromatic rings. The van der Waals surface area contributed by atoms with E-state index >= 15 is 0 Å². The molecule has 1 N–H and O–H groups in total. The van der Waals surface area contributed by atoms with Gasteiger partial charge < -0.3 is 5.32 Å². The normalized spacial score (nSPS) is 10.1. The summed E-state index contributed by atoms with van der Waals surface area (Å²) in [6.07, 6.45) is 0.838. The average Bonchev–Trinajstić information content (AvgIpc) is 2.81. The van der Waals surface area contributed by atoms with Crippen molar-refractivity contribution in [2.75, 3.05) is 5.32 Å². The van der Waals surface area contributed by atoms with Crippen molar-refractivity contribution in [2.24, 2.45) is 0 Å². The highest BCUT2D eigenvalue weighted by atomic mass is 32.1. The first-order chi connectivity index (χ1) is 11.0. The maximum absolute atomic E-state index is 12.1. The van der Waals surface area contributed by atoms with Gasteiger partial charge in [-0.25, -0.2) is 0 Å². The maximum Gasteiger partial charge on any atom is 0.269 e. The van der Waals surface area contributed by atoms with Gasteiger partial charge in [-0.3, -0.25) is 14.9 Å². The minimum absolute atomic E-state index is 0.0117. The van der Waals surface area contributed by atoms with Crippen LogP contribution in [-0.2, 0) is 17.6 Å². The van der Waals surface area contributed by atoms with Gasteiger partial charge in [0.1, 0.15) is 11.1 Å². The molecule has 0 saturated heterocycles. The van der Waals surface area contributed by atoms with Gasteiger partial charge in [-0.15, -0.1) is 11.3 Å². The highest BCUT2D eigenvalue weighted by molar-refractivity contribution is 7.16. The van der Waals surface area contributed by atoms with Crippen LogP contribution in [-0.4, -0.2) is 10.8 Å². The summed E-state index contributed by atoms with van der Waals surface area (Å²) >= 11 is 1.39. The summed E-state index contributed by atoms with van der Waals surface area (Å²) in [5.74, 6) is -0.251. The van der Waals surface area contributed by atoms with Crippen LogP contribution in [0.2, 0.25) is 0 Å². The third-order valence-corrected chi connectivity index (χ3v) is 4.50. The van der Waals surface area contributed by atoms with Crippen molar-refractivity contribution in [1.82, 2.24) is 0 Å². The zero-order valence-corrected chi connectivity index (χ0v) is 13.6. The van der Waals surface area contributed by atoms with Gasteiger partial charge in [0, 0.05) is 17.0 Å². The van der Waals surface area contributed by atoms with Crippen LogP contribution in [0.5, 0.6) is 0 Å². The van der Waals surface area contributed by atoms with Crippen LogP contribution in [0, 0.1) is 28.4 Å². The predicted octanol–water partition coefficient (Wildman–Crippen LogP) is 3.58. The molecule has 1 aromatic heterocycles. The van der Waals surface area contributed by atoms with E-state index < -0.39 is 4.92 Å². The van der Waals surface area contributed by atoms with Crippen molar-refractivity contribution in [3.05, 3.63) is 55.9 Å². The van der Waals surface area contributed by atoms with Gasteiger partial charge in [0.25, 0.3) is 5.69 Å². The molecule has 0 aliphatic heterocycles. The number of hydrogen-bond acceptors (Lipinski definition) is 5. The monoisotopic (exact) mass is 329 g/mol. The Bertz CT molecular complexity index is 788. The van der Waals surface area contributed by atoms with Gasteiger partial charge in [-0.05, 0) is 24.5 Å². The Hall–Kier alpha value is -2.72. The van der Waals surface area contributed by atoms with E-state index in [2.05, 4.69) is 11.4 Å². The van der Waals surface area contributed by atoms with Gasteiger partial charge in [0.15, 0.2) is 0 Å². The number of nitro benzene ring substituents is 1. The molecule has 0 unspecified atom stereocenters. The van der Waals surface area contributed by atoms with Crippen molar-refractivity contribution >= 4 is 27.9 Å². The molecule has 0 bridgehead atoms. The Morgan fingerprint density at radius 3 is 2.57 bits per heavy atom. The van der Waals surface area contributed by atoms with Crippen molar-refractivity contribution < 1.29 is 9.72 Å². The molecule has 118 valence electrons. The molecular weight excluding hydrogens is 314 g/mol. The fourth-order valence-electron chi connectivity index (χ4n) is 2.30. The molecule has 0 fully saturated rings. The fraction of sp³-hybridized carbons (Fsp3) is 0.250. The number of nitrogens with zero attached hydrogens (tertiary/aromatic N) is 2. The number of nitriles is 1. The van der Waals surface area contributed by atoms with E-state index in [1.54, 1.807) is 12.1 Å². The first kappa shape index (κ1) is 16.6. The van der Waals surface area contributed by atoms with Gasteiger partial charge in [-0.2, -0.15) is 5.26 Å². The highest BCUT2D eigenvalue weighted by Crippen LogP contribution is 2.32. The molecule has 0 spiro atoms. The van der Waals surface area contributed by atoms with Crippen molar-refractivity contribution in [3.8, 4) is 6.07 Å². The second-order valence-corrected chi connectivity index (χ2v) is 6.18. The van der Waals surface area contributed by atoms with Crippen LogP contribution in [0.4, 0.5) is 10.7 Å². The molecule has 1 heterocycles. The molecule has 1 amide bonds. The molecule has 0 radical (unpaired) electrons. The topological polar surface area (TPSA) is 96.0 Å². The largest absolute Gasteiger partial charge is 0.316 e. The summed E-state index contributed by atoms with van der Waals surface area (Å²) in [6.45, 7) is 3.90. The van der Waals surface area contributed by atoms with Crippen LogP contribution in [0.25, 0.3) is 0 Å². The zero-order valence-electron chi connectivity index (χ0n) is 12.8. The standard InChI is InChI=1S/C16H15N3O3S/c1-3-13-10(2)23-16(14(13)9-17)18-15(20)8-11-4-6-12(7-5-11)19(21)22/h4-7H,3,8H2,1-2H3,(H,18,20). The Labute approximate surface area is 137 Å². The molecule has 6 nitrogen and oxygen atoms in total. The molecule has 23 heavy (non-hydrogen) atoms. The van der Waals surface area contributed by atoms with Crippen LogP contribution in [0.15, 0.2) is 24.3 Å². The summed E-state index contributed by atoms with van der Waals surface area (Å²) in [5, 5.41) is 23.2. The highest BCUT2D eigenvalue weighted by Gasteiger charge is 2.16.